The van der Waals surface area contributed by atoms with Crippen LogP contribution in [0.4, 0.5) is 5.82 Å². The van der Waals surface area contributed by atoms with Gasteiger partial charge in [-0.3, -0.25) is 9.78 Å². The maximum atomic E-state index is 12.7. The first kappa shape index (κ1) is 17.3. The van der Waals surface area contributed by atoms with Crippen LogP contribution in [-0.2, 0) is 0 Å². The summed E-state index contributed by atoms with van der Waals surface area (Å²) in [7, 11) is 2.04. The van der Waals surface area contributed by atoms with Gasteiger partial charge >= 0.3 is 0 Å². The van der Waals surface area contributed by atoms with E-state index in [9.17, 15) is 4.79 Å². The van der Waals surface area contributed by atoms with Gasteiger partial charge in [0.1, 0.15) is 5.69 Å². The second-order valence-electron chi connectivity index (χ2n) is 6.85. The lowest BCUT2D eigenvalue weighted by atomic mass is 10.0. The van der Waals surface area contributed by atoms with Gasteiger partial charge in [-0.05, 0) is 42.5 Å². The molecule has 6 nitrogen and oxygen atoms in total. The summed E-state index contributed by atoms with van der Waals surface area (Å²) in [4.78, 5) is 21.1. The lowest BCUT2D eigenvalue weighted by Gasteiger charge is -2.37. The molecule has 1 aliphatic rings. The number of carbonyl (C=O) groups excluding carboxylic acids is 1. The van der Waals surface area contributed by atoms with E-state index >= 15 is 0 Å². The molecule has 0 aromatic carbocycles. The number of pyridine rings is 1. The molecule has 1 saturated heterocycles. The van der Waals surface area contributed by atoms with Crippen molar-refractivity contribution in [3.05, 3.63) is 47.9 Å². The zero-order chi connectivity index (χ0) is 17.8. The molecule has 6 heteroatoms. The van der Waals surface area contributed by atoms with Crippen molar-refractivity contribution in [1.29, 1.82) is 0 Å². The Morgan fingerprint density at radius 1 is 1.24 bits per heavy atom. The largest absolute Gasteiger partial charge is 0.355 e. The Kier molecular flexibility index (Phi) is 5.26. The highest BCUT2D eigenvalue weighted by Crippen LogP contribution is 2.21. The summed E-state index contributed by atoms with van der Waals surface area (Å²) in [6, 6.07) is 8.07. The number of aromatic nitrogens is 3. The first-order valence-electron chi connectivity index (χ1n) is 8.82. The number of piperidine rings is 1. The third-order valence-electron chi connectivity index (χ3n) is 4.89. The number of nitrogens with zero attached hydrogens (tertiary/aromatic N) is 5. The SMILES string of the molecule is CC(C)c1ccc(C(=O)N2CCC(N(C)c3cccnn3)CC2)nc1. The van der Waals surface area contributed by atoms with Gasteiger partial charge in [0.25, 0.3) is 5.91 Å². The molecule has 25 heavy (non-hydrogen) atoms. The third kappa shape index (κ3) is 3.95. The molecule has 0 unspecified atom stereocenters. The first-order chi connectivity index (χ1) is 12.1. The highest BCUT2D eigenvalue weighted by molar-refractivity contribution is 5.92. The number of carbonyl (C=O) groups is 1. The van der Waals surface area contributed by atoms with Gasteiger partial charge in [0.2, 0.25) is 0 Å². The molecule has 0 radical (unpaired) electrons. The van der Waals surface area contributed by atoms with Crippen molar-refractivity contribution >= 4 is 11.7 Å². The summed E-state index contributed by atoms with van der Waals surface area (Å²) >= 11 is 0. The number of hydrogen-bond acceptors (Lipinski definition) is 5. The lowest BCUT2D eigenvalue weighted by Crippen LogP contribution is -2.46. The van der Waals surface area contributed by atoms with E-state index in [1.165, 1.54) is 0 Å². The van der Waals surface area contributed by atoms with E-state index in [2.05, 4.69) is 33.9 Å². The smallest absolute Gasteiger partial charge is 0.272 e. The monoisotopic (exact) mass is 339 g/mol. The maximum Gasteiger partial charge on any atom is 0.272 e. The summed E-state index contributed by atoms with van der Waals surface area (Å²) in [5.74, 6) is 1.32. The molecule has 0 spiro atoms. The molecule has 2 aromatic heterocycles. The molecule has 3 rings (SSSR count). The highest BCUT2D eigenvalue weighted by Gasteiger charge is 2.27. The minimum Gasteiger partial charge on any atom is -0.355 e. The fraction of sp³-hybridized carbons (Fsp3) is 0.474. The van der Waals surface area contributed by atoms with Crippen LogP contribution in [0.1, 0.15) is 48.7 Å². The van der Waals surface area contributed by atoms with Crippen molar-refractivity contribution in [3.63, 3.8) is 0 Å². The van der Waals surface area contributed by atoms with Gasteiger partial charge in [-0.2, -0.15) is 5.10 Å². The van der Waals surface area contributed by atoms with Crippen LogP contribution in [0.5, 0.6) is 0 Å². The van der Waals surface area contributed by atoms with Crippen molar-refractivity contribution in [1.82, 2.24) is 20.1 Å². The quantitative estimate of drug-likeness (QED) is 0.857. The predicted octanol–water partition coefficient (Wildman–Crippen LogP) is 2.74. The Morgan fingerprint density at radius 2 is 2.00 bits per heavy atom. The van der Waals surface area contributed by atoms with Gasteiger partial charge in [-0.15, -0.1) is 5.10 Å². The van der Waals surface area contributed by atoms with Crippen molar-refractivity contribution < 1.29 is 4.79 Å². The third-order valence-corrected chi connectivity index (χ3v) is 4.89. The minimum atomic E-state index is 0.0240. The van der Waals surface area contributed by atoms with E-state index in [1.807, 2.05) is 42.4 Å². The van der Waals surface area contributed by atoms with Gasteiger partial charge in [0, 0.05) is 38.6 Å². The lowest BCUT2D eigenvalue weighted by molar-refractivity contribution is 0.0707. The highest BCUT2D eigenvalue weighted by atomic mass is 16.2. The fourth-order valence-corrected chi connectivity index (χ4v) is 3.16. The van der Waals surface area contributed by atoms with E-state index in [4.69, 9.17) is 0 Å². The molecule has 1 aliphatic heterocycles. The second kappa shape index (κ2) is 7.59. The van der Waals surface area contributed by atoms with Crippen LogP contribution in [0.2, 0.25) is 0 Å². The number of likely N-dealkylation sites (tertiary alicyclic amines) is 1. The molecule has 3 heterocycles. The molecule has 0 saturated carbocycles. The summed E-state index contributed by atoms with van der Waals surface area (Å²) < 4.78 is 0. The summed E-state index contributed by atoms with van der Waals surface area (Å²) in [5, 5.41) is 8.10. The van der Waals surface area contributed by atoms with Crippen LogP contribution in [0, 0.1) is 0 Å². The zero-order valence-electron chi connectivity index (χ0n) is 15.1. The minimum absolute atomic E-state index is 0.0240. The Morgan fingerprint density at radius 3 is 2.56 bits per heavy atom. The Bertz CT molecular complexity index is 694. The number of rotatable bonds is 4. The molecule has 1 amide bonds. The van der Waals surface area contributed by atoms with Crippen molar-refractivity contribution in [3.8, 4) is 0 Å². The number of anilines is 1. The molecule has 132 valence electrons. The average molecular weight is 339 g/mol. The summed E-state index contributed by atoms with van der Waals surface area (Å²) in [6.45, 7) is 5.72. The van der Waals surface area contributed by atoms with E-state index in [0.717, 1.165) is 37.3 Å². The van der Waals surface area contributed by atoms with Crippen LogP contribution in [0.3, 0.4) is 0 Å². The maximum absolute atomic E-state index is 12.7. The summed E-state index contributed by atoms with van der Waals surface area (Å²) in [5.41, 5.74) is 1.69. The van der Waals surface area contributed by atoms with Crippen LogP contribution >= 0.6 is 0 Å². The fourth-order valence-electron chi connectivity index (χ4n) is 3.16. The topological polar surface area (TPSA) is 62.2 Å². The van der Waals surface area contributed by atoms with Crippen LogP contribution in [-0.4, -0.2) is 52.2 Å². The molecular formula is C19H25N5O. The number of hydrogen-bond donors (Lipinski definition) is 0. The first-order valence-corrected chi connectivity index (χ1v) is 8.82. The Hall–Kier alpha value is -2.50. The standard InChI is InChI=1S/C19H25N5O/c1-14(2)15-6-7-17(20-13-15)19(25)24-11-8-16(9-12-24)23(3)18-5-4-10-21-22-18/h4-7,10,13-14,16H,8-9,11-12H2,1-3H3. The number of amides is 1. The van der Waals surface area contributed by atoms with Gasteiger partial charge < -0.3 is 9.80 Å². The Labute approximate surface area is 148 Å². The molecule has 0 N–H and O–H groups in total. The predicted molar refractivity (Wildman–Crippen MR) is 97.7 cm³/mol. The molecular weight excluding hydrogens is 314 g/mol. The van der Waals surface area contributed by atoms with Crippen molar-refractivity contribution in [2.75, 3.05) is 25.0 Å². The van der Waals surface area contributed by atoms with E-state index in [0.29, 0.717) is 17.7 Å². The van der Waals surface area contributed by atoms with Crippen LogP contribution in [0.15, 0.2) is 36.7 Å². The van der Waals surface area contributed by atoms with E-state index in [-0.39, 0.29) is 5.91 Å². The molecule has 0 atom stereocenters. The molecule has 0 bridgehead atoms. The second-order valence-corrected chi connectivity index (χ2v) is 6.85. The van der Waals surface area contributed by atoms with Gasteiger partial charge in [-0.1, -0.05) is 19.9 Å². The normalized spacial score (nSPS) is 15.4. The van der Waals surface area contributed by atoms with Crippen LogP contribution in [0.25, 0.3) is 0 Å². The van der Waals surface area contributed by atoms with Crippen LogP contribution < -0.4 is 4.90 Å². The molecule has 0 aliphatic carbocycles. The zero-order valence-corrected chi connectivity index (χ0v) is 15.1. The van der Waals surface area contributed by atoms with Gasteiger partial charge in [0.15, 0.2) is 5.82 Å². The summed E-state index contributed by atoms with van der Waals surface area (Å²) in [6.07, 6.45) is 5.33. The van der Waals surface area contributed by atoms with Gasteiger partial charge in [0.05, 0.1) is 0 Å². The Balaban J connectivity index is 1.59. The van der Waals surface area contributed by atoms with E-state index in [1.54, 1.807) is 6.20 Å². The van der Waals surface area contributed by atoms with Crippen molar-refractivity contribution in [2.45, 2.75) is 38.6 Å². The average Bonchev–Trinajstić information content (AvgIpc) is 2.67. The van der Waals surface area contributed by atoms with Crippen molar-refractivity contribution in [2.24, 2.45) is 0 Å². The van der Waals surface area contributed by atoms with Gasteiger partial charge in [-0.25, -0.2) is 0 Å². The molecule has 2 aromatic rings. The van der Waals surface area contributed by atoms with E-state index < -0.39 is 0 Å². The molecule has 1 fully saturated rings.